The van der Waals surface area contributed by atoms with E-state index in [1.165, 1.54) is 12.6 Å². The Kier molecular flexibility index (Phi) is 22.4. The summed E-state index contributed by atoms with van der Waals surface area (Å²) in [5, 5.41) is 58.3. The number of ketones is 1. The first kappa shape index (κ1) is 71.0. The van der Waals surface area contributed by atoms with E-state index in [2.05, 4.69) is 110 Å². The van der Waals surface area contributed by atoms with Crippen molar-refractivity contribution in [3.05, 3.63) is 103 Å². The molecular formula is C73H95F3N18O7. The van der Waals surface area contributed by atoms with Crippen LogP contribution >= 0.6 is 0 Å². The number of aliphatic hydroxyl groups is 3. The Hall–Kier alpha value is -8.41. The number of aromatic nitrogens is 13. The number of pyridine rings is 2. The predicted molar refractivity (Wildman–Crippen MR) is 380 cm³/mol. The molecule has 0 amide bonds. The van der Waals surface area contributed by atoms with Gasteiger partial charge in [-0.3, -0.25) is 9.48 Å². The van der Waals surface area contributed by atoms with Gasteiger partial charge in [0.15, 0.2) is 5.78 Å². The molecule has 6 aliphatic rings. The van der Waals surface area contributed by atoms with Crippen LogP contribution in [0.5, 0.6) is 0 Å². The molecule has 0 radical (unpaired) electrons. The zero-order valence-corrected chi connectivity index (χ0v) is 58.4. The summed E-state index contributed by atoms with van der Waals surface area (Å²) in [6.45, 7) is 14.3. The number of aliphatic hydroxyl groups excluding tert-OH is 3. The number of nitrogens with zero attached hydrogens (tertiary/aromatic N) is 15. The number of halogens is 3. The van der Waals surface area contributed by atoms with E-state index in [9.17, 15) is 33.3 Å². The molecule has 101 heavy (non-hydrogen) atoms. The number of rotatable bonds is 18. The molecule has 11 heterocycles. The second-order valence-electron chi connectivity index (χ2n) is 28.4. The molecule has 0 bridgehead atoms. The van der Waals surface area contributed by atoms with Crippen LogP contribution in [0.2, 0.25) is 0 Å². The van der Waals surface area contributed by atoms with Crippen molar-refractivity contribution in [2.75, 3.05) is 92.1 Å². The maximum atomic E-state index is 12.8. The van der Waals surface area contributed by atoms with E-state index >= 15 is 0 Å². The molecular weight excluding hydrogens is 1300 g/mol. The average molecular weight is 1390 g/mol. The molecule has 3 atom stereocenters. The van der Waals surface area contributed by atoms with Crippen molar-refractivity contribution in [1.29, 1.82) is 0 Å². The van der Waals surface area contributed by atoms with Gasteiger partial charge in [-0.25, -0.2) is 38.5 Å². The molecule has 0 spiro atoms. The number of hydrogen-bond donors (Lipinski definition) is 6. The van der Waals surface area contributed by atoms with Gasteiger partial charge in [-0.1, -0.05) is 0 Å². The van der Waals surface area contributed by atoms with Crippen LogP contribution in [0.1, 0.15) is 171 Å². The minimum absolute atomic E-state index is 0.0814. The average Bonchev–Trinajstić information content (AvgIpc) is 1.63. The van der Waals surface area contributed by atoms with Gasteiger partial charge in [-0.15, -0.1) is 15.3 Å². The third-order valence-corrected chi connectivity index (χ3v) is 20.4. The highest BCUT2D eigenvalue weighted by atomic mass is 19.4. The van der Waals surface area contributed by atoms with E-state index in [4.69, 9.17) is 24.4 Å². The van der Waals surface area contributed by atoms with E-state index in [0.29, 0.717) is 62.8 Å². The molecule has 4 saturated carbocycles. The monoisotopic (exact) mass is 1390 g/mol. The summed E-state index contributed by atoms with van der Waals surface area (Å²) in [6.07, 6.45) is 19.5. The van der Waals surface area contributed by atoms with Gasteiger partial charge in [0.05, 0.1) is 99.1 Å². The number of alkyl halides is 3. The van der Waals surface area contributed by atoms with Crippen LogP contribution in [0, 0.1) is 0 Å². The van der Waals surface area contributed by atoms with Gasteiger partial charge in [0.25, 0.3) is 0 Å². The van der Waals surface area contributed by atoms with Crippen molar-refractivity contribution >= 4 is 51.8 Å². The van der Waals surface area contributed by atoms with Crippen LogP contribution < -0.4 is 25.8 Å². The Bertz CT molecular complexity index is 4240. The summed E-state index contributed by atoms with van der Waals surface area (Å²) in [6, 6.07) is 14.1. The van der Waals surface area contributed by atoms with Gasteiger partial charge in [0.1, 0.15) is 17.7 Å². The van der Waals surface area contributed by atoms with Gasteiger partial charge in [-0.05, 0) is 171 Å². The lowest BCUT2D eigenvalue weighted by atomic mass is 9.85. The van der Waals surface area contributed by atoms with Crippen molar-refractivity contribution in [3.63, 3.8) is 0 Å². The second-order valence-corrected chi connectivity index (χ2v) is 28.4. The first-order valence-electron chi connectivity index (χ1n) is 36.1. The minimum atomic E-state index is -4.27. The summed E-state index contributed by atoms with van der Waals surface area (Å²) in [4.78, 5) is 39.4. The van der Waals surface area contributed by atoms with Crippen LogP contribution in [-0.4, -0.2) is 194 Å². The van der Waals surface area contributed by atoms with Crippen molar-refractivity contribution in [1.82, 2.24) is 63.5 Å². The summed E-state index contributed by atoms with van der Waals surface area (Å²) < 4.78 is 62.4. The molecule has 4 aliphatic carbocycles. The quantitative estimate of drug-likeness (QED) is 0.0465. The highest BCUT2D eigenvalue weighted by molar-refractivity contribution is 5.86. The van der Waals surface area contributed by atoms with Crippen molar-refractivity contribution in [3.8, 4) is 33.4 Å². The van der Waals surface area contributed by atoms with E-state index in [-0.39, 0.29) is 54.1 Å². The number of anilines is 5. The number of fused-ring (bicyclic) bond motifs is 3. The molecule has 25 nitrogen and oxygen atoms in total. The molecule has 0 unspecified atom stereocenters. The lowest BCUT2D eigenvalue weighted by Crippen LogP contribution is -2.36. The van der Waals surface area contributed by atoms with Crippen LogP contribution in [0.25, 0.3) is 49.9 Å². The zero-order valence-electron chi connectivity index (χ0n) is 58.4. The number of methoxy groups -OCH3 is 1. The molecule has 6 N–H and O–H groups in total. The summed E-state index contributed by atoms with van der Waals surface area (Å²) >= 11 is 0. The van der Waals surface area contributed by atoms with E-state index in [1.54, 1.807) is 19.5 Å². The number of ether oxygens (including phenoxy) is 3. The number of nitrogens with one attached hydrogen (secondary N) is 3. The van der Waals surface area contributed by atoms with Gasteiger partial charge in [-0.2, -0.15) is 18.3 Å². The third kappa shape index (κ3) is 17.1. The summed E-state index contributed by atoms with van der Waals surface area (Å²) in [7, 11) is 1.68. The molecule has 28 heteroatoms. The fourth-order valence-electron chi connectivity index (χ4n) is 15.1. The molecule has 6 fully saturated rings. The molecule has 15 rings (SSSR count). The Morgan fingerprint density at radius 3 is 1.36 bits per heavy atom. The Morgan fingerprint density at radius 1 is 0.545 bits per heavy atom. The largest absolute Gasteiger partial charge is 0.393 e. The van der Waals surface area contributed by atoms with Gasteiger partial charge in [0.2, 0.25) is 17.8 Å². The van der Waals surface area contributed by atoms with Crippen molar-refractivity contribution in [2.45, 2.75) is 197 Å². The molecule has 9 aromatic heterocycles. The normalized spacial score (nSPS) is 22.8. The van der Waals surface area contributed by atoms with Crippen LogP contribution in [0.15, 0.2) is 85.8 Å². The molecule has 2 aliphatic heterocycles. The summed E-state index contributed by atoms with van der Waals surface area (Å²) in [5.74, 6) is 4.34. The van der Waals surface area contributed by atoms with Crippen LogP contribution in [-0.2, 0) is 19.0 Å². The van der Waals surface area contributed by atoms with Crippen LogP contribution in [0.4, 0.5) is 42.7 Å². The van der Waals surface area contributed by atoms with E-state index < -0.39 is 18.6 Å². The summed E-state index contributed by atoms with van der Waals surface area (Å²) in [5.41, 5.74) is 12.1. The highest BCUT2D eigenvalue weighted by Gasteiger charge is 2.33. The lowest BCUT2D eigenvalue weighted by Gasteiger charge is -2.28. The second kappa shape index (κ2) is 31.9. The van der Waals surface area contributed by atoms with Crippen LogP contribution in [0.3, 0.4) is 0 Å². The SMILES string of the molecule is CC(C)Nc1ncc2c(-c3ccnc(N4CCOCC4)c3)cc(C3CCC(O)CC3)n2n1.COC[C@H](C)Nc1ncc2c(-c3cnn([C@H]4CCCC4=O)c3)cc(C3CCC(O)CC3)n2n1.C[C@@H](CC(F)(F)F)Nc1ncc2c(-c3ccnc(N4CCOCC4)c3)cc(C3CCC(O)CC3)n2n1. The predicted octanol–water partition coefficient (Wildman–Crippen LogP) is 11.2. The first-order chi connectivity index (χ1) is 48.9. The lowest BCUT2D eigenvalue weighted by molar-refractivity contribution is -0.136. The number of Topliss-reactive ketones (excluding diaryl/α,β-unsaturated/α-hetero) is 1. The Balaban J connectivity index is 0.000000136. The molecule has 2 saturated heterocycles. The Labute approximate surface area is 585 Å². The fraction of sp³-hybridized carbons (Fsp3) is 0.562. The van der Waals surface area contributed by atoms with Crippen molar-refractivity contribution < 1.29 is 47.5 Å². The molecule has 540 valence electrons. The fourth-order valence-corrected chi connectivity index (χ4v) is 15.1. The topological polar surface area (TPSA) is 282 Å². The van der Waals surface area contributed by atoms with Crippen molar-refractivity contribution in [2.24, 2.45) is 0 Å². The third-order valence-electron chi connectivity index (χ3n) is 20.4. The number of carbonyl (C=O) groups excluding carboxylic acids is 1. The maximum Gasteiger partial charge on any atom is 0.391 e. The molecule has 9 aromatic rings. The standard InChI is InChI=1S/C25H31F3N6O2.C24H32N6O3.C24H32N6O2/c1-16(14-25(26,27)28)31-24-30-15-22-20(13-21(34(22)32-24)17-2-4-19(35)5-3-17)18-6-7-29-23(12-18)33-8-10-36-11-9-33;1-15(14-33-2)27-24-25-12-22-19(17-11-26-29(13-17)20-4-3-5-23(20)32)10-21(30(22)28-24)16-6-8-18(31)9-7-16;1-16(2)27-24-26-15-22-20(14-21(30(22)28-24)17-3-5-19(31)6-4-17)18-7-8-25-23(13-18)29-9-11-32-12-10-29/h6-7,12-13,15-17,19,35H,2-5,8-11,14H2,1H3,(H,31,32);10-13,15-16,18,20,31H,3-9,14H2,1-2H3,(H,27,28);7-8,13-17,19,31H,3-6,9-12H2,1-2H3,(H,27,28)/t16-,17?,19?;15-,16?,18?,20-;/m00./s1. The highest BCUT2D eigenvalue weighted by Crippen LogP contribution is 2.42. The number of morpholine rings is 2. The van der Waals surface area contributed by atoms with E-state index in [0.717, 1.165) is 189 Å². The van der Waals surface area contributed by atoms with Gasteiger partial charge in [0, 0.05) is 134 Å². The molecule has 0 aromatic carbocycles. The van der Waals surface area contributed by atoms with Gasteiger partial charge >= 0.3 is 6.18 Å². The van der Waals surface area contributed by atoms with E-state index in [1.807, 2.05) is 63.8 Å². The maximum absolute atomic E-state index is 12.8. The number of carbonyl (C=O) groups is 1. The Morgan fingerprint density at radius 2 is 0.960 bits per heavy atom. The smallest absolute Gasteiger partial charge is 0.391 e. The zero-order chi connectivity index (χ0) is 70.3. The van der Waals surface area contributed by atoms with Gasteiger partial charge < -0.3 is 55.3 Å². The minimum Gasteiger partial charge on any atom is -0.393 e. The first-order valence-corrected chi connectivity index (χ1v) is 36.1. The number of hydrogen-bond acceptors (Lipinski definition) is 21.